The number of fused-ring (bicyclic) bond motifs is 1. The molecule has 0 bridgehead atoms. The van der Waals surface area contributed by atoms with Crippen LogP contribution in [0.2, 0.25) is 0 Å². The first kappa shape index (κ1) is 15.1. The number of nitrogens with zero attached hydrogens (tertiary/aromatic N) is 1. The van der Waals surface area contributed by atoms with Crippen LogP contribution >= 0.6 is 0 Å². The molecule has 0 atom stereocenters. The van der Waals surface area contributed by atoms with Gasteiger partial charge in [0, 0.05) is 23.6 Å². The molecule has 5 heteroatoms. The quantitative estimate of drug-likeness (QED) is 0.792. The predicted octanol–water partition coefficient (Wildman–Crippen LogP) is 2.67. The number of hydrogen-bond acceptors (Lipinski definition) is 5. The zero-order valence-corrected chi connectivity index (χ0v) is 12.7. The first-order valence-corrected chi connectivity index (χ1v) is 6.68. The molecule has 5 nitrogen and oxygen atoms in total. The minimum atomic E-state index is -0.240. The highest BCUT2D eigenvalue weighted by Crippen LogP contribution is 2.32. The number of esters is 1. The average molecular weight is 289 g/mol. The lowest BCUT2D eigenvalue weighted by Crippen LogP contribution is -2.04. The van der Waals surface area contributed by atoms with Gasteiger partial charge in [0.15, 0.2) is 0 Å². The number of aryl methyl sites for hydroxylation is 2. The van der Waals surface area contributed by atoms with Crippen molar-refractivity contribution in [3.05, 3.63) is 29.5 Å². The summed E-state index contributed by atoms with van der Waals surface area (Å²) in [7, 11) is 4.61. The smallest absolute Gasteiger partial charge is 0.305 e. The van der Waals surface area contributed by atoms with E-state index >= 15 is 0 Å². The summed E-state index contributed by atoms with van der Waals surface area (Å²) < 4.78 is 15.3. The molecule has 1 aromatic heterocycles. The molecule has 0 saturated carbocycles. The second-order valence-electron chi connectivity index (χ2n) is 4.73. The lowest BCUT2D eigenvalue weighted by Gasteiger charge is -2.11. The summed E-state index contributed by atoms with van der Waals surface area (Å²) in [5, 5.41) is 0.980. The summed E-state index contributed by atoms with van der Waals surface area (Å²) in [6.07, 6.45) is 0.853. The van der Waals surface area contributed by atoms with Gasteiger partial charge in [-0.05, 0) is 24.6 Å². The molecule has 0 spiro atoms. The lowest BCUT2D eigenvalue weighted by atomic mass is 10.1. The molecule has 0 aliphatic heterocycles. The Bertz CT molecular complexity index is 667. The standard InChI is InChI=1S/C16H19NO4/c1-10-7-11(5-6-15(18)21-4)17-16-13(10)8-12(19-2)9-14(16)20-3/h7-9H,5-6H2,1-4H3. The van der Waals surface area contributed by atoms with Crippen molar-refractivity contribution in [1.82, 2.24) is 4.98 Å². The zero-order chi connectivity index (χ0) is 15.4. The number of carbonyl (C=O) groups excluding carboxylic acids is 1. The summed E-state index contributed by atoms with van der Waals surface area (Å²) in [4.78, 5) is 15.8. The van der Waals surface area contributed by atoms with Crippen LogP contribution in [0.15, 0.2) is 18.2 Å². The molecule has 0 amide bonds. The SMILES string of the molecule is COC(=O)CCc1cc(C)c2cc(OC)cc(OC)c2n1. The molecule has 0 fully saturated rings. The third kappa shape index (κ3) is 3.24. The first-order valence-electron chi connectivity index (χ1n) is 6.68. The van der Waals surface area contributed by atoms with Gasteiger partial charge in [-0.2, -0.15) is 0 Å². The van der Waals surface area contributed by atoms with E-state index in [9.17, 15) is 4.79 Å². The van der Waals surface area contributed by atoms with Crippen molar-refractivity contribution in [3.8, 4) is 11.5 Å². The topological polar surface area (TPSA) is 57.7 Å². The van der Waals surface area contributed by atoms with E-state index in [1.54, 1.807) is 20.3 Å². The Kier molecular flexibility index (Phi) is 4.62. The monoisotopic (exact) mass is 289 g/mol. The van der Waals surface area contributed by atoms with E-state index in [0.717, 1.165) is 27.9 Å². The van der Waals surface area contributed by atoms with Gasteiger partial charge in [-0.1, -0.05) is 0 Å². The molecule has 2 aromatic rings. The van der Waals surface area contributed by atoms with Crippen molar-refractivity contribution in [3.63, 3.8) is 0 Å². The van der Waals surface area contributed by atoms with Crippen molar-refractivity contribution in [1.29, 1.82) is 0 Å². The van der Waals surface area contributed by atoms with Crippen LogP contribution in [0.25, 0.3) is 10.9 Å². The highest BCUT2D eigenvalue weighted by atomic mass is 16.5. The number of rotatable bonds is 5. The van der Waals surface area contributed by atoms with E-state index in [2.05, 4.69) is 9.72 Å². The minimum absolute atomic E-state index is 0.240. The van der Waals surface area contributed by atoms with Gasteiger partial charge >= 0.3 is 5.97 Å². The van der Waals surface area contributed by atoms with Crippen LogP contribution in [0.5, 0.6) is 11.5 Å². The number of pyridine rings is 1. The van der Waals surface area contributed by atoms with Crippen LogP contribution in [0.3, 0.4) is 0 Å². The number of methoxy groups -OCH3 is 3. The van der Waals surface area contributed by atoms with E-state index in [0.29, 0.717) is 18.6 Å². The van der Waals surface area contributed by atoms with Crippen LogP contribution in [0.4, 0.5) is 0 Å². The molecule has 0 N–H and O–H groups in total. The Hall–Kier alpha value is -2.30. The summed E-state index contributed by atoms with van der Waals surface area (Å²) in [5.41, 5.74) is 2.68. The molecule has 2 rings (SSSR count). The average Bonchev–Trinajstić information content (AvgIpc) is 2.51. The maximum atomic E-state index is 11.2. The van der Waals surface area contributed by atoms with E-state index < -0.39 is 0 Å². The van der Waals surface area contributed by atoms with Crippen LogP contribution < -0.4 is 9.47 Å². The van der Waals surface area contributed by atoms with Crippen molar-refractivity contribution >= 4 is 16.9 Å². The summed E-state index contributed by atoms with van der Waals surface area (Å²) in [5.74, 6) is 1.15. The Labute approximate surface area is 123 Å². The Morgan fingerprint density at radius 2 is 1.90 bits per heavy atom. The molecule has 0 aliphatic rings. The molecule has 0 unspecified atom stereocenters. The van der Waals surface area contributed by atoms with Gasteiger partial charge in [0.2, 0.25) is 0 Å². The molecule has 0 saturated heterocycles. The van der Waals surface area contributed by atoms with Gasteiger partial charge < -0.3 is 14.2 Å². The summed E-state index contributed by atoms with van der Waals surface area (Å²) >= 11 is 0. The van der Waals surface area contributed by atoms with Crippen LogP contribution in [-0.4, -0.2) is 32.3 Å². The maximum Gasteiger partial charge on any atom is 0.305 e. The van der Waals surface area contributed by atoms with E-state index in [4.69, 9.17) is 9.47 Å². The Morgan fingerprint density at radius 1 is 1.14 bits per heavy atom. The van der Waals surface area contributed by atoms with Gasteiger partial charge in [-0.15, -0.1) is 0 Å². The van der Waals surface area contributed by atoms with E-state index in [-0.39, 0.29) is 5.97 Å². The van der Waals surface area contributed by atoms with Gasteiger partial charge in [0.25, 0.3) is 0 Å². The molecular weight excluding hydrogens is 270 g/mol. The maximum absolute atomic E-state index is 11.2. The van der Waals surface area contributed by atoms with Crippen LogP contribution in [0, 0.1) is 6.92 Å². The third-order valence-electron chi connectivity index (χ3n) is 3.38. The van der Waals surface area contributed by atoms with Crippen molar-refractivity contribution in [2.75, 3.05) is 21.3 Å². The van der Waals surface area contributed by atoms with Gasteiger partial charge in [0.1, 0.15) is 17.0 Å². The second-order valence-corrected chi connectivity index (χ2v) is 4.73. The van der Waals surface area contributed by atoms with Crippen molar-refractivity contribution < 1.29 is 19.0 Å². The fourth-order valence-electron chi connectivity index (χ4n) is 2.24. The minimum Gasteiger partial charge on any atom is -0.497 e. The molecule has 0 radical (unpaired) electrons. The lowest BCUT2D eigenvalue weighted by molar-refractivity contribution is -0.140. The number of ether oxygens (including phenoxy) is 3. The number of aromatic nitrogens is 1. The number of hydrogen-bond donors (Lipinski definition) is 0. The van der Waals surface area contributed by atoms with Crippen molar-refractivity contribution in [2.24, 2.45) is 0 Å². The third-order valence-corrected chi connectivity index (χ3v) is 3.38. The first-order chi connectivity index (χ1) is 10.1. The number of carbonyl (C=O) groups is 1. The molecule has 0 aliphatic carbocycles. The normalized spacial score (nSPS) is 10.5. The van der Waals surface area contributed by atoms with Gasteiger partial charge in [0.05, 0.1) is 27.8 Å². The molecule has 1 heterocycles. The summed E-state index contributed by atoms with van der Waals surface area (Å²) in [6, 6.07) is 5.72. The highest BCUT2D eigenvalue weighted by molar-refractivity contribution is 5.89. The Morgan fingerprint density at radius 3 is 2.52 bits per heavy atom. The fourth-order valence-corrected chi connectivity index (χ4v) is 2.24. The van der Waals surface area contributed by atoms with Crippen LogP contribution in [-0.2, 0) is 16.0 Å². The second kappa shape index (κ2) is 6.43. The Balaban J connectivity index is 2.46. The largest absolute Gasteiger partial charge is 0.497 e. The molecule has 1 aromatic carbocycles. The highest BCUT2D eigenvalue weighted by Gasteiger charge is 2.11. The van der Waals surface area contributed by atoms with E-state index in [1.807, 2.05) is 19.1 Å². The van der Waals surface area contributed by atoms with Gasteiger partial charge in [-0.3, -0.25) is 4.79 Å². The van der Waals surface area contributed by atoms with E-state index in [1.165, 1.54) is 7.11 Å². The van der Waals surface area contributed by atoms with Crippen LogP contribution in [0.1, 0.15) is 17.7 Å². The fraction of sp³-hybridized carbons (Fsp3) is 0.375. The molecule has 21 heavy (non-hydrogen) atoms. The summed E-state index contributed by atoms with van der Waals surface area (Å²) in [6.45, 7) is 2.00. The number of benzene rings is 1. The zero-order valence-electron chi connectivity index (χ0n) is 12.7. The molecule has 112 valence electrons. The predicted molar refractivity (Wildman–Crippen MR) is 79.9 cm³/mol. The van der Waals surface area contributed by atoms with Crippen molar-refractivity contribution in [2.45, 2.75) is 19.8 Å². The molecular formula is C16H19NO4. The van der Waals surface area contributed by atoms with Gasteiger partial charge in [-0.25, -0.2) is 4.98 Å².